The third kappa shape index (κ3) is 6.38. The molecule has 2 aliphatic rings. The summed E-state index contributed by atoms with van der Waals surface area (Å²) in [5.74, 6) is -0.480. The number of hydrogen-bond acceptors (Lipinski definition) is 8. The Labute approximate surface area is 233 Å². The fraction of sp³-hybridized carbons (Fsp3) is 0.542. The summed E-state index contributed by atoms with van der Waals surface area (Å²) in [6.07, 6.45) is 3.09. The summed E-state index contributed by atoms with van der Waals surface area (Å²) in [4.78, 5) is 25.0. The zero-order valence-corrected chi connectivity index (χ0v) is 24.0. The number of hydrogen-bond donors (Lipinski definition) is 2. The number of amides is 1. The molecular formula is C24H31N4NaO6S. The number of ketones is 1. The molecule has 4 rings (SSSR count). The molecule has 10 nitrogen and oxygen atoms in total. The van der Waals surface area contributed by atoms with E-state index in [1.807, 2.05) is 13.0 Å². The molecule has 190 valence electrons. The standard InChI is InChI=1S/C24H32N4O6S.Na/c1-4-18-22-20(12-24(2,3)13-21(22)29)28(27-18)15-7-10-17(23(25)30)19(11-15)26-14-5-8-16(9-6-14)34-35(31,32)33;/h7,10-11,14,16,26H,4-6,8-9,12-13H2,1-3H3,(H2,25,30)(H,31,32,33);/q;+1/p-1/t14-,16-;. The third-order valence-corrected chi connectivity index (χ3v) is 7.26. The number of nitrogens with zero attached hydrogens (tertiary/aromatic N) is 2. The molecule has 1 aromatic heterocycles. The van der Waals surface area contributed by atoms with E-state index in [1.54, 1.807) is 16.8 Å². The molecule has 2 aliphatic carbocycles. The molecular weight excluding hydrogens is 495 g/mol. The number of nitrogens with one attached hydrogen (secondary N) is 1. The maximum atomic E-state index is 12.9. The van der Waals surface area contributed by atoms with E-state index in [4.69, 9.17) is 10.8 Å². The summed E-state index contributed by atoms with van der Waals surface area (Å²) in [6, 6.07) is 5.17. The van der Waals surface area contributed by atoms with E-state index in [2.05, 4.69) is 23.3 Å². The van der Waals surface area contributed by atoms with Gasteiger partial charge in [-0.25, -0.2) is 13.1 Å². The second-order valence-corrected chi connectivity index (χ2v) is 11.2. The molecule has 0 radical (unpaired) electrons. The fourth-order valence-electron chi connectivity index (χ4n) is 5.18. The number of fused-ring (bicyclic) bond motifs is 1. The summed E-state index contributed by atoms with van der Waals surface area (Å²) >= 11 is 0. The number of benzene rings is 1. The number of aromatic nitrogens is 2. The molecule has 12 heteroatoms. The van der Waals surface area contributed by atoms with E-state index in [0.717, 1.165) is 11.4 Å². The monoisotopic (exact) mass is 526 g/mol. The Balaban J connectivity index is 0.00000361. The summed E-state index contributed by atoms with van der Waals surface area (Å²) in [7, 11) is -4.74. The number of Topliss-reactive ketones (excluding diaryl/α,β-unsaturated/α-hetero) is 1. The van der Waals surface area contributed by atoms with Crippen molar-refractivity contribution in [1.29, 1.82) is 0 Å². The Bertz CT molecular complexity index is 1270. The molecule has 36 heavy (non-hydrogen) atoms. The molecule has 1 amide bonds. The average Bonchev–Trinajstić information content (AvgIpc) is 3.11. The van der Waals surface area contributed by atoms with Crippen LogP contribution in [0.2, 0.25) is 0 Å². The van der Waals surface area contributed by atoms with Gasteiger partial charge in [-0.1, -0.05) is 20.8 Å². The molecule has 0 atom stereocenters. The van der Waals surface area contributed by atoms with E-state index in [-0.39, 0.29) is 46.8 Å². The molecule has 0 aliphatic heterocycles. The Hall–Kier alpha value is -1.76. The molecule has 0 spiro atoms. The number of anilines is 1. The average molecular weight is 527 g/mol. The van der Waals surface area contributed by atoms with Crippen LogP contribution in [0.15, 0.2) is 18.2 Å². The molecule has 1 fully saturated rings. The predicted octanol–water partition coefficient (Wildman–Crippen LogP) is -0.107. The molecule has 3 N–H and O–H groups in total. The zero-order chi connectivity index (χ0) is 25.5. The minimum Gasteiger partial charge on any atom is -0.726 e. The Morgan fingerprint density at radius 2 is 1.92 bits per heavy atom. The minimum atomic E-state index is -4.74. The maximum absolute atomic E-state index is 12.9. The first-order chi connectivity index (χ1) is 16.4. The van der Waals surface area contributed by atoms with Crippen LogP contribution in [0.5, 0.6) is 0 Å². The summed E-state index contributed by atoms with van der Waals surface area (Å²) in [5.41, 5.74) is 9.36. The Kier molecular flexibility index (Phi) is 8.74. The van der Waals surface area contributed by atoms with Crippen molar-refractivity contribution in [3.63, 3.8) is 0 Å². The van der Waals surface area contributed by atoms with Gasteiger partial charge in [0, 0.05) is 18.2 Å². The quantitative estimate of drug-likeness (QED) is 0.288. The second kappa shape index (κ2) is 10.9. The summed E-state index contributed by atoms with van der Waals surface area (Å²) in [5, 5.41) is 8.11. The molecule has 1 saturated carbocycles. The number of carbonyl (C=O) groups is 2. The van der Waals surface area contributed by atoms with E-state index < -0.39 is 22.4 Å². The van der Waals surface area contributed by atoms with Gasteiger partial charge in [-0.3, -0.25) is 13.8 Å². The summed E-state index contributed by atoms with van der Waals surface area (Å²) < 4.78 is 39.0. The number of nitrogens with two attached hydrogens (primary N) is 1. The van der Waals surface area contributed by atoms with Gasteiger partial charge in [0.15, 0.2) is 5.78 Å². The van der Waals surface area contributed by atoms with Crippen molar-refractivity contribution < 1.29 is 56.3 Å². The number of carbonyl (C=O) groups excluding carboxylic acids is 2. The third-order valence-electron chi connectivity index (χ3n) is 6.75. The van der Waals surface area contributed by atoms with E-state index in [1.165, 1.54) is 0 Å². The van der Waals surface area contributed by atoms with Crippen molar-refractivity contribution in [1.82, 2.24) is 9.78 Å². The van der Waals surface area contributed by atoms with Crippen LogP contribution >= 0.6 is 0 Å². The van der Waals surface area contributed by atoms with Crippen LogP contribution < -0.4 is 40.6 Å². The van der Waals surface area contributed by atoms with Crippen LogP contribution in [0.25, 0.3) is 5.69 Å². The molecule has 1 aromatic carbocycles. The SMILES string of the molecule is CCc1nn(-c2ccc(C(N)=O)c(N[C@H]3CC[C@H](OS(=O)(=O)[O-])CC3)c2)c2c1C(=O)CC(C)(C)C2.[Na+]. The normalized spacial score (nSPS) is 21.4. The number of aryl methyl sites for hydroxylation is 1. The van der Waals surface area contributed by atoms with Crippen LogP contribution in [0, 0.1) is 5.41 Å². The van der Waals surface area contributed by atoms with Gasteiger partial charge in [0.2, 0.25) is 10.4 Å². The van der Waals surface area contributed by atoms with Gasteiger partial charge in [0.1, 0.15) is 0 Å². The van der Waals surface area contributed by atoms with E-state index in [9.17, 15) is 22.6 Å². The van der Waals surface area contributed by atoms with Crippen molar-refractivity contribution in [2.45, 2.75) is 77.9 Å². The van der Waals surface area contributed by atoms with Crippen molar-refractivity contribution in [3.05, 3.63) is 40.7 Å². The first-order valence-corrected chi connectivity index (χ1v) is 13.2. The molecule has 0 unspecified atom stereocenters. The van der Waals surface area contributed by atoms with Gasteiger partial charge in [-0.15, -0.1) is 0 Å². The Morgan fingerprint density at radius 1 is 1.25 bits per heavy atom. The van der Waals surface area contributed by atoms with Crippen molar-refractivity contribution >= 4 is 27.8 Å². The van der Waals surface area contributed by atoms with Gasteiger partial charge >= 0.3 is 29.6 Å². The fourth-order valence-corrected chi connectivity index (χ4v) is 5.70. The van der Waals surface area contributed by atoms with Crippen LogP contribution in [0.3, 0.4) is 0 Å². The molecule has 0 bridgehead atoms. The van der Waals surface area contributed by atoms with E-state index >= 15 is 0 Å². The smallest absolute Gasteiger partial charge is 0.726 e. The molecule has 2 aromatic rings. The van der Waals surface area contributed by atoms with Crippen molar-refractivity contribution in [2.24, 2.45) is 11.1 Å². The Morgan fingerprint density at radius 3 is 2.50 bits per heavy atom. The number of rotatable bonds is 7. The zero-order valence-electron chi connectivity index (χ0n) is 21.2. The van der Waals surface area contributed by atoms with E-state index in [0.29, 0.717) is 67.4 Å². The minimum absolute atomic E-state index is 0. The van der Waals surface area contributed by atoms with Crippen molar-refractivity contribution in [3.8, 4) is 5.69 Å². The second-order valence-electron chi connectivity index (χ2n) is 10.2. The van der Waals surface area contributed by atoms with Crippen LogP contribution in [0.1, 0.15) is 85.0 Å². The predicted molar refractivity (Wildman–Crippen MR) is 128 cm³/mol. The molecule has 0 saturated heterocycles. The topological polar surface area (TPSA) is 156 Å². The maximum Gasteiger partial charge on any atom is 1.00 e. The summed E-state index contributed by atoms with van der Waals surface area (Å²) in [6.45, 7) is 6.11. The first kappa shape index (κ1) is 28.8. The first-order valence-electron chi connectivity index (χ1n) is 11.9. The van der Waals surface area contributed by atoms with Gasteiger partial charge in [-0.05, 0) is 62.1 Å². The van der Waals surface area contributed by atoms with Gasteiger partial charge < -0.3 is 15.6 Å². The van der Waals surface area contributed by atoms with Gasteiger partial charge in [-0.2, -0.15) is 5.10 Å². The largest absolute Gasteiger partial charge is 1.00 e. The van der Waals surface area contributed by atoms with Crippen LogP contribution in [-0.2, 0) is 27.4 Å². The van der Waals surface area contributed by atoms with Gasteiger partial charge in [0.05, 0.1) is 34.3 Å². The van der Waals surface area contributed by atoms with Gasteiger partial charge in [0.25, 0.3) is 5.91 Å². The molecule has 1 heterocycles. The number of primary amides is 1. The van der Waals surface area contributed by atoms with Crippen LogP contribution in [-0.4, -0.2) is 46.6 Å². The van der Waals surface area contributed by atoms with Crippen LogP contribution in [0.4, 0.5) is 5.69 Å². The van der Waals surface area contributed by atoms with Crippen molar-refractivity contribution in [2.75, 3.05) is 5.32 Å².